The van der Waals surface area contributed by atoms with E-state index in [1.165, 1.54) is 167 Å². The van der Waals surface area contributed by atoms with Crippen LogP contribution in [-0.4, -0.2) is 37.2 Å². The minimum atomic E-state index is -0.772. The maximum atomic E-state index is 12.8. The molecule has 1 atom stereocenters. The van der Waals surface area contributed by atoms with Crippen LogP contribution in [0.4, 0.5) is 0 Å². The standard InChI is InChI=1S/C56H104O6/c1-4-7-10-13-16-19-22-25-26-27-28-29-32-34-37-40-43-46-49-55(58)61-52-53(62-56(59)50-47-44-41-38-35-31-24-21-18-15-12-9-6-3)51-60-54(57)48-45-42-39-36-33-30-23-20-17-14-11-8-5-2/h12,15,21,24,53H,4-11,13-14,16-20,22-23,25-52H2,1-3H3/b15-12-,24-21-. The second-order valence-corrected chi connectivity index (χ2v) is 18.5. The summed E-state index contributed by atoms with van der Waals surface area (Å²) in [6.07, 6.45) is 58.8. The SMILES string of the molecule is CCC/C=C\C/C=C\CCCCCCCC(=O)OC(COC(=O)CCCCCCCCCCCCCCC)COC(=O)CCCCCCCCCCCCCCCCCCCC. The second kappa shape index (κ2) is 51.5. The smallest absolute Gasteiger partial charge is 0.306 e. The van der Waals surface area contributed by atoms with E-state index in [0.29, 0.717) is 19.3 Å². The van der Waals surface area contributed by atoms with E-state index in [0.717, 1.165) is 89.9 Å². The van der Waals surface area contributed by atoms with Crippen LogP contribution in [0.5, 0.6) is 0 Å². The largest absolute Gasteiger partial charge is 0.462 e. The first-order chi connectivity index (χ1) is 30.5. The van der Waals surface area contributed by atoms with Crippen LogP contribution in [0.2, 0.25) is 0 Å². The van der Waals surface area contributed by atoms with Crippen molar-refractivity contribution in [1.82, 2.24) is 0 Å². The zero-order chi connectivity index (χ0) is 45.1. The van der Waals surface area contributed by atoms with E-state index < -0.39 is 6.10 Å². The summed E-state index contributed by atoms with van der Waals surface area (Å²) in [5.74, 6) is -0.869. The van der Waals surface area contributed by atoms with Crippen molar-refractivity contribution in [2.45, 2.75) is 303 Å². The first-order valence-corrected chi connectivity index (χ1v) is 27.3. The van der Waals surface area contributed by atoms with Gasteiger partial charge in [-0.3, -0.25) is 14.4 Å². The van der Waals surface area contributed by atoms with Gasteiger partial charge in [0.05, 0.1) is 0 Å². The fourth-order valence-electron chi connectivity index (χ4n) is 8.07. The minimum absolute atomic E-state index is 0.0719. The molecule has 6 heteroatoms. The lowest BCUT2D eigenvalue weighted by molar-refractivity contribution is -0.167. The van der Waals surface area contributed by atoms with E-state index in [9.17, 15) is 14.4 Å². The average Bonchev–Trinajstić information content (AvgIpc) is 3.27. The van der Waals surface area contributed by atoms with Gasteiger partial charge >= 0.3 is 17.9 Å². The summed E-state index contributed by atoms with van der Waals surface area (Å²) >= 11 is 0. The molecule has 0 rings (SSSR count). The summed E-state index contributed by atoms with van der Waals surface area (Å²) in [5.41, 5.74) is 0. The van der Waals surface area contributed by atoms with Crippen molar-refractivity contribution in [2.75, 3.05) is 13.2 Å². The molecule has 62 heavy (non-hydrogen) atoms. The van der Waals surface area contributed by atoms with Gasteiger partial charge in [0.1, 0.15) is 13.2 Å². The maximum Gasteiger partial charge on any atom is 0.306 e. The van der Waals surface area contributed by atoms with E-state index in [-0.39, 0.29) is 31.1 Å². The van der Waals surface area contributed by atoms with Gasteiger partial charge in [0.2, 0.25) is 0 Å². The lowest BCUT2D eigenvalue weighted by Crippen LogP contribution is -2.30. The van der Waals surface area contributed by atoms with E-state index in [1.807, 2.05) is 0 Å². The molecule has 0 fully saturated rings. The summed E-state index contributed by atoms with van der Waals surface area (Å²) in [7, 11) is 0. The molecule has 0 aromatic carbocycles. The first kappa shape index (κ1) is 59.9. The number of esters is 3. The Balaban J connectivity index is 4.30. The van der Waals surface area contributed by atoms with Crippen LogP contribution >= 0.6 is 0 Å². The molecular formula is C56H104O6. The maximum absolute atomic E-state index is 12.8. The molecule has 0 spiro atoms. The van der Waals surface area contributed by atoms with Gasteiger partial charge in [-0.25, -0.2) is 0 Å². The fraction of sp³-hybridized carbons (Fsp3) is 0.875. The molecule has 0 saturated heterocycles. The molecule has 364 valence electrons. The molecule has 0 amide bonds. The van der Waals surface area contributed by atoms with Gasteiger partial charge in [-0.05, 0) is 44.9 Å². The Labute approximate surface area is 385 Å². The number of unbranched alkanes of at least 4 members (excludes halogenated alkanes) is 35. The third kappa shape index (κ3) is 48.9. The highest BCUT2D eigenvalue weighted by molar-refractivity contribution is 5.71. The number of hydrogen-bond donors (Lipinski definition) is 0. The van der Waals surface area contributed by atoms with Gasteiger partial charge in [0.15, 0.2) is 6.10 Å². The van der Waals surface area contributed by atoms with Gasteiger partial charge in [-0.1, -0.05) is 257 Å². The second-order valence-electron chi connectivity index (χ2n) is 18.5. The fourth-order valence-corrected chi connectivity index (χ4v) is 8.07. The van der Waals surface area contributed by atoms with Gasteiger partial charge in [0.25, 0.3) is 0 Å². The molecule has 0 aromatic heterocycles. The van der Waals surface area contributed by atoms with E-state index in [2.05, 4.69) is 45.1 Å². The highest BCUT2D eigenvalue weighted by atomic mass is 16.6. The number of hydrogen-bond acceptors (Lipinski definition) is 6. The Morgan fingerprint density at radius 2 is 0.613 bits per heavy atom. The quantitative estimate of drug-likeness (QED) is 0.0262. The van der Waals surface area contributed by atoms with Crippen LogP contribution < -0.4 is 0 Å². The number of ether oxygens (including phenoxy) is 3. The monoisotopic (exact) mass is 873 g/mol. The molecule has 0 aliphatic carbocycles. The lowest BCUT2D eigenvalue weighted by atomic mass is 10.0. The van der Waals surface area contributed by atoms with Crippen LogP contribution in [0.1, 0.15) is 297 Å². The molecule has 0 saturated carbocycles. The van der Waals surface area contributed by atoms with Crippen LogP contribution in [0.15, 0.2) is 24.3 Å². The highest BCUT2D eigenvalue weighted by Crippen LogP contribution is 2.17. The molecule has 0 N–H and O–H groups in total. The van der Waals surface area contributed by atoms with Crippen molar-refractivity contribution in [1.29, 1.82) is 0 Å². The number of rotatable bonds is 50. The predicted molar refractivity (Wildman–Crippen MR) is 266 cm³/mol. The Bertz CT molecular complexity index is 1000. The first-order valence-electron chi connectivity index (χ1n) is 27.3. The molecule has 0 bridgehead atoms. The summed E-state index contributed by atoms with van der Waals surface area (Å²) in [4.78, 5) is 38.0. The van der Waals surface area contributed by atoms with Crippen molar-refractivity contribution < 1.29 is 28.6 Å². The summed E-state index contributed by atoms with van der Waals surface area (Å²) in [5, 5.41) is 0. The van der Waals surface area contributed by atoms with Crippen LogP contribution in [0.3, 0.4) is 0 Å². The van der Waals surface area contributed by atoms with Gasteiger partial charge < -0.3 is 14.2 Å². The topological polar surface area (TPSA) is 78.9 Å². The Morgan fingerprint density at radius 1 is 0.323 bits per heavy atom. The normalized spacial score (nSPS) is 12.1. The van der Waals surface area contributed by atoms with Crippen molar-refractivity contribution in [3.05, 3.63) is 24.3 Å². The van der Waals surface area contributed by atoms with Crippen molar-refractivity contribution in [3.63, 3.8) is 0 Å². The van der Waals surface area contributed by atoms with Crippen molar-refractivity contribution >= 4 is 17.9 Å². The molecule has 0 aromatic rings. The van der Waals surface area contributed by atoms with E-state index in [4.69, 9.17) is 14.2 Å². The van der Waals surface area contributed by atoms with Gasteiger partial charge in [-0.15, -0.1) is 0 Å². The Morgan fingerprint density at radius 3 is 0.952 bits per heavy atom. The molecule has 1 unspecified atom stereocenters. The molecule has 6 nitrogen and oxygen atoms in total. The third-order valence-electron chi connectivity index (χ3n) is 12.2. The zero-order valence-corrected chi connectivity index (χ0v) is 41.7. The predicted octanol–water partition coefficient (Wildman–Crippen LogP) is 17.9. The van der Waals surface area contributed by atoms with Gasteiger partial charge in [0, 0.05) is 19.3 Å². The molecular weight excluding hydrogens is 769 g/mol. The van der Waals surface area contributed by atoms with E-state index in [1.54, 1.807) is 0 Å². The average molecular weight is 873 g/mol. The number of allylic oxidation sites excluding steroid dienone is 4. The van der Waals surface area contributed by atoms with Gasteiger partial charge in [-0.2, -0.15) is 0 Å². The van der Waals surface area contributed by atoms with Crippen LogP contribution in [0.25, 0.3) is 0 Å². The third-order valence-corrected chi connectivity index (χ3v) is 12.2. The molecule has 0 heterocycles. The molecule has 0 aliphatic rings. The molecule has 0 aliphatic heterocycles. The van der Waals surface area contributed by atoms with Crippen molar-refractivity contribution in [2.24, 2.45) is 0 Å². The summed E-state index contributed by atoms with van der Waals surface area (Å²) in [6, 6.07) is 0. The summed E-state index contributed by atoms with van der Waals surface area (Å²) < 4.78 is 16.8. The number of carbonyl (C=O) groups excluding carboxylic acids is 3. The number of carbonyl (C=O) groups is 3. The minimum Gasteiger partial charge on any atom is -0.462 e. The van der Waals surface area contributed by atoms with E-state index >= 15 is 0 Å². The van der Waals surface area contributed by atoms with Crippen LogP contribution in [-0.2, 0) is 28.6 Å². The zero-order valence-electron chi connectivity index (χ0n) is 41.7. The Hall–Kier alpha value is -2.11. The Kier molecular flexibility index (Phi) is 49.8. The highest BCUT2D eigenvalue weighted by Gasteiger charge is 2.19. The molecule has 0 radical (unpaired) electrons. The lowest BCUT2D eigenvalue weighted by Gasteiger charge is -2.18. The van der Waals surface area contributed by atoms with Crippen molar-refractivity contribution in [3.8, 4) is 0 Å². The van der Waals surface area contributed by atoms with Crippen LogP contribution in [0, 0.1) is 0 Å². The summed E-state index contributed by atoms with van der Waals surface area (Å²) in [6.45, 7) is 6.60.